The molecular formula is C16H32IN3O. The maximum Gasteiger partial charge on any atom is 0.191 e. The van der Waals surface area contributed by atoms with Gasteiger partial charge in [-0.3, -0.25) is 4.99 Å². The largest absolute Gasteiger partial charge is 0.382 e. The molecule has 0 heterocycles. The van der Waals surface area contributed by atoms with Crippen molar-refractivity contribution in [2.45, 2.75) is 64.8 Å². The van der Waals surface area contributed by atoms with Gasteiger partial charge in [-0.25, -0.2) is 0 Å². The van der Waals surface area contributed by atoms with Gasteiger partial charge in [-0.15, -0.1) is 24.0 Å². The van der Waals surface area contributed by atoms with E-state index in [2.05, 4.69) is 24.5 Å². The van der Waals surface area contributed by atoms with Crippen LogP contribution in [-0.2, 0) is 4.74 Å². The molecular weight excluding hydrogens is 377 g/mol. The molecule has 0 aliphatic heterocycles. The zero-order chi connectivity index (χ0) is 14.3. The molecule has 4 nitrogen and oxygen atoms in total. The van der Waals surface area contributed by atoms with Crippen molar-refractivity contribution in [1.29, 1.82) is 0 Å². The Morgan fingerprint density at radius 1 is 1.24 bits per heavy atom. The monoisotopic (exact) mass is 409 g/mol. The number of nitrogens with zero attached hydrogens (tertiary/aromatic N) is 1. The molecule has 0 aromatic rings. The van der Waals surface area contributed by atoms with E-state index in [4.69, 9.17) is 9.73 Å². The minimum absolute atomic E-state index is 0. The van der Waals surface area contributed by atoms with Gasteiger partial charge in [-0.1, -0.05) is 12.8 Å². The van der Waals surface area contributed by atoms with E-state index in [1.807, 2.05) is 0 Å². The Labute approximate surface area is 146 Å². The normalized spacial score (nSPS) is 21.0. The summed E-state index contributed by atoms with van der Waals surface area (Å²) >= 11 is 0. The molecule has 0 saturated heterocycles. The molecule has 0 radical (unpaired) electrons. The summed E-state index contributed by atoms with van der Waals surface area (Å²) in [5, 5.41) is 6.88. The van der Waals surface area contributed by atoms with Crippen LogP contribution >= 0.6 is 24.0 Å². The second-order valence-electron chi connectivity index (χ2n) is 6.27. The van der Waals surface area contributed by atoms with Crippen LogP contribution in [-0.4, -0.2) is 38.3 Å². The molecule has 2 rings (SSSR count). The third-order valence-corrected chi connectivity index (χ3v) is 4.48. The first kappa shape index (κ1) is 19.0. The third kappa shape index (κ3) is 6.72. The summed E-state index contributed by atoms with van der Waals surface area (Å²) in [5.74, 6) is 1.01. The van der Waals surface area contributed by atoms with Gasteiger partial charge in [0.15, 0.2) is 5.96 Å². The average molecular weight is 409 g/mol. The number of aliphatic imine (C=N–C) groups is 1. The fourth-order valence-corrected chi connectivity index (χ4v) is 3.03. The smallest absolute Gasteiger partial charge is 0.191 e. The fraction of sp³-hybridized carbons (Fsp3) is 0.938. The van der Waals surface area contributed by atoms with Crippen LogP contribution < -0.4 is 10.6 Å². The molecule has 0 atom stereocenters. The molecule has 0 bridgehead atoms. The number of guanidine groups is 1. The van der Waals surface area contributed by atoms with Crippen molar-refractivity contribution in [3.8, 4) is 0 Å². The number of rotatable bonds is 8. The highest BCUT2D eigenvalue weighted by molar-refractivity contribution is 14.0. The predicted molar refractivity (Wildman–Crippen MR) is 99.6 cm³/mol. The highest BCUT2D eigenvalue weighted by atomic mass is 127. The summed E-state index contributed by atoms with van der Waals surface area (Å²) in [6.45, 7) is 7.79. The van der Waals surface area contributed by atoms with E-state index in [0.717, 1.165) is 38.7 Å². The highest BCUT2D eigenvalue weighted by Gasteiger charge is 2.33. The number of ether oxygens (including phenoxy) is 1. The molecule has 0 aromatic carbocycles. The molecule has 0 unspecified atom stereocenters. The lowest BCUT2D eigenvalue weighted by Gasteiger charge is -2.27. The average Bonchev–Trinajstić information content (AvgIpc) is 3.14. The summed E-state index contributed by atoms with van der Waals surface area (Å²) in [7, 11) is 0. The molecule has 2 aliphatic carbocycles. The zero-order valence-corrected chi connectivity index (χ0v) is 15.9. The van der Waals surface area contributed by atoms with Crippen LogP contribution in [0.5, 0.6) is 0 Å². The van der Waals surface area contributed by atoms with E-state index >= 15 is 0 Å². The van der Waals surface area contributed by atoms with Gasteiger partial charge < -0.3 is 15.4 Å². The first-order valence-electron chi connectivity index (χ1n) is 8.40. The van der Waals surface area contributed by atoms with Crippen LogP contribution in [0.15, 0.2) is 4.99 Å². The topological polar surface area (TPSA) is 45.7 Å². The Bertz CT molecular complexity index is 313. The van der Waals surface area contributed by atoms with E-state index in [9.17, 15) is 0 Å². The van der Waals surface area contributed by atoms with Crippen LogP contribution in [0.2, 0.25) is 0 Å². The van der Waals surface area contributed by atoms with Crippen LogP contribution in [0.1, 0.15) is 58.8 Å². The standard InChI is InChI=1S/C16H31N3O.HI/c1-3-17-15(19-14-7-8-14)18-13-16(9-5-6-10-16)11-12-20-4-2;/h14H,3-13H2,1-2H3,(H2,17,18,19);1H. The van der Waals surface area contributed by atoms with Gasteiger partial charge in [-0.05, 0) is 51.4 Å². The first-order valence-corrected chi connectivity index (χ1v) is 8.40. The highest BCUT2D eigenvalue weighted by Crippen LogP contribution is 2.41. The second kappa shape index (κ2) is 9.87. The van der Waals surface area contributed by atoms with Crippen molar-refractivity contribution in [2.24, 2.45) is 10.4 Å². The van der Waals surface area contributed by atoms with Crippen molar-refractivity contribution in [1.82, 2.24) is 10.6 Å². The van der Waals surface area contributed by atoms with Crippen molar-refractivity contribution in [2.75, 3.05) is 26.3 Å². The molecule has 0 amide bonds. The van der Waals surface area contributed by atoms with Crippen molar-refractivity contribution < 1.29 is 4.74 Å². The molecule has 5 heteroatoms. The first-order chi connectivity index (χ1) is 9.78. The van der Waals surface area contributed by atoms with Crippen LogP contribution in [0, 0.1) is 5.41 Å². The maximum absolute atomic E-state index is 5.57. The summed E-state index contributed by atoms with van der Waals surface area (Å²) in [4.78, 5) is 4.87. The Hall–Kier alpha value is -0.0400. The fourth-order valence-electron chi connectivity index (χ4n) is 3.03. The summed E-state index contributed by atoms with van der Waals surface area (Å²) in [5.41, 5.74) is 0.390. The lowest BCUT2D eigenvalue weighted by atomic mass is 9.83. The summed E-state index contributed by atoms with van der Waals surface area (Å²) < 4.78 is 5.57. The lowest BCUT2D eigenvalue weighted by molar-refractivity contribution is 0.107. The number of hydrogen-bond donors (Lipinski definition) is 2. The maximum atomic E-state index is 5.57. The molecule has 0 aromatic heterocycles. The lowest BCUT2D eigenvalue weighted by Crippen LogP contribution is -2.39. The van der Waals surface area contributed by atoms with Gasteiger partial charge in [-0.2, -0.15) is 0 Å². The van der Waals surface area contributed by atoms with Crippen molar-refractivity contribution >= 4 is 29.9 Å². The quantitative estimate of drug-likeness (QED) is 0.280. The molecule has 2 fully saturated rings. The van der Waals surface area contributed by atoms with Crippen molar-refractivity contribution in [3.05, 3.63) is 0 Å². The minimum atomic E-state index is 0. The van der Waals surface area contributed by atoms with Gasteiger partial charge in [0, 0.05) is 32.3 Å². The Kier molecular flexibility index (Phi) is 8.94. The van der Waals surface area contributed by atoms with Gasteiger partial charge in [0.2, 0.25) is 0 Å². The Morgan fingerprint density at radius 3 is 2.52 bits per heavy atom. The molecule has 2 aliphatic rings. The van der Waals surface area contributed by atoms with Gasteiger partial charge >= 0.3 is 0 Å². The van der Waals surface area contributed by atoms with Gasteiger partial charge in [0.1, 0.15) is 0 Å². The SMILES string of the molecule is CCNC(=NCC1(CCOCC)CCCC1)NC1CC1.I. The third-order valence-electron chi connectivity index (χ3n) is 4.48. The number of hydrogen-bond acceptors (Lipinski definition) is 2. The van der Waals surface area contributed by atoms with E-state index in [-0.39, 0.29) is 24.0 Å². The van der Waals surface area contributed by atoms with Crippen LogP contribution in [0.25, 0.3) is 0 Å². The van der Waals surface area contributed by atoms with E-state index in [0.29, 0.717) is 11.5 Å². The van der Waals surface area contributed by atoms with E-state index in [1.54, 1.807) is 0 Å². The van der Waals surface area contributed by atoms with Crippen LogP contribution in [0.3, 0.4) is 0 Å². The zero-order valence-electron chi connectivity index (χ0n) is 13.6. The van der Waals surface area contributed by atoms with E-state index in [1.165, 1.54) is 38.5 Å². The molecule has 2 N–H and O–H groups in total. The molecule has 2 saturated carbocycles. The minimum Gasteiger partial charge on any atom is -0.382 e. The number of nitrogens with one attached hydrogen (secondary N) is 2. The van der Waals surface area contributed by atoms with Crippen molar-refractivity contribution in [3.63, 3.8) is 0 Å². The molecule has 21 heavy (non-hydrogen) atoms. The number of halogens is 1. The van der Waals surface area contributed by atoms with E-state index < -0.39 is 0 Å². The van der Waals surface area contributed by atoms with Crippen LogP contribution in [0.4, 0.5) is 0 Å². The molecule has 0 spiro atoms. The summed E-state index contributed by atoms with van der Waals surface area (Å²) in [6, 6.07) is 0.663. The summed E-state index contributed by atoms with van der Waals surface area (Å²) in [6.07, 6.45) is 9.08. The predicted octanol–water partition coefficient (Wildman–Crippen LogP) is 3.31. The second-order valence-corrected chi connectivity index (χ2v) is 6.27. The molecule has 124 valence electrons. The Balaban J connectivity index is 0.00000220. The van der Waals surface area contributed by atoms with Gasteiger partial charge in [0.25, 0.3) is 0 Å². The van der Waals surface area contributed by atoms with Gasteiger partial charge in [0.05, 0.1) is 0 Å². The Morgan fingerprint density at radius 2 is 1.95 bits per heavy atom.